The molecule has 0 radical (unpaired) electrons. The third-order valence-corrected chi connectivity index (χ3v) is 6.54. The number of piperidine rings is 1. The molecule has 1 aliphatic carbocycles. The van der Waals surface area contributed by atoms with Gasteiger partial charge in [0, 0.05) is 26.2 Å². The number of hydrogen-bond donors (Lipinski definition) is 1. The quantitative estimate of drug-likeness (QED) is 0.906. The summed E-state index contributed by atoms with van der Waals surface area (Å²) in [6, 6.07) is 8.56. The summed E-state index contributed by atoms with van der Waals surface area (Å²) in [6.45, 7) is 5.10. The maximum absolute atomic E-state index is 13.7. The zero-order valence-electron chi connectivity index (χ0n) is 15.7. The number of urea groups is 1. The molecule has 4 rings (SSSR count). The molecule has 5 heteroatoms. The van der Waals surface area contributed by atoms with Crippen molar-refractivity contribution in [2.45, 2.75) is 56.9 Å². The Kier molecular flexibility index (Phi) is 4.63. The number of likely N-dealkylation sites (tertiary alicyclic amines) is 1. The van der Waals surface area contributed by atoms with Gasteiger partial charge in [-0.15, -0.1) is 0 Å². The van der Waals surface area contributed by atoms with Crippen molar-refractivity contribution in [2.75, 3.05) is 26.2 Å². The molecule has 1 aromatic carbocycles. The van der Waals surface area contributed by atoms with Crippen molar-refractivity contribution in [1.29, 1.82) is 0 Å². The van der Waals surface area contributed by atoms with Crippen LogP contribution in [0.2, 0.25) is 0 Å². The number of amides is 3. The molecule has 1 saturated carbocycles. The fourth-order valence-corrected chi connectivity index (χ4v) is 5.22. The third kappa shape index (κ3) is 2.87. The van der Waals surface area contributed by atoms with Crippen LogP contribution >= 0.6 is 0 Å². The Morgan fingerprint density at radius 1 is 1.15 bits per heavy atom. The van der Waals surface area contributed by atoms with E-state index in [-0.39, 0.29) is 23.4 Å². The van der Waals surface area contributed by atoms with Gasteiger partial charge in [0.15, 0.2) is 0 Å². The molecule has 2 heterocycles. The van der Waals surface area contributed by atoms with E-state index in [0.29, 0.717) is 6.54 Å². The minimum Gasteiger partial charge on any atom is -0.340 e. The summed E-state index contributed by atoms with van der Waals surface area (Å²) in [6.07, 6.45) is 6.10. The number of nitrogens with zero attached hydrogens (tertiary/aromatic N) is 2. The predicted octanol–water partition coefficient (Wildman–Crippen LogP) is 2.82. The van der Waals surface area contributed by atoms with Gasteiger partial charge in [-0.25, -0.2) is 4.79 Å². The Morgan fingerprint density at radius 2 is 1.92 bits per heavy atom. The highest BCUT2D eigenvalue weighted by Crippen LogP contribution is 2.44. The van der Waals surface area contributed by atoms with Crippen LogP contribution in [0.3, 0.4) is 0 Å². The standard InChI is InChI=1S/C21H29N3O2/c1-16-7-2-3-9-18(16)21(10-4-5-11-21)19(25)23-13-6-8-17(15-23)24-14-12-22-20(24)26/h2-3,7,9,17H,4-6,8,10-15H2,1H3,(H,22,26). The van der Waals surface area contributed by atoms with Gasteiger partial charge in [0.1, 0.15) is 0 Å². The SMILES string of the molecule is Cc1ccccc1C1(C(=O)N2CCCC(N3CCNC3=O)C2)CCCC1. The van der Waals surface area contributed by atoms with Gasteiger partial charge in [-0.05, 0) is 43.7 Å². The summed E-state index contributed by atoms with van der Waals surface area (Å²) in [5, 5.41) is 2.89. The molecule has 0 aromatic heterocycles. The second kappa shape index (κ2) is 6.93. The Bertz CT molecular complexity index is 696. The lowest BCUT2D eigenvalue weighted by Gasteiger charge is -2.41. The Morgan fingerprint density at radius 3 is 2.62 bits per heavy atom. The summed E-state index contributed by atoms with van der Waals surface area (Å²) >= 11 is 0. The van der Waals surface area contributed by atoms with Gasteiger partial charge in [-0.1, -0.05) is 37.1 Å². The lowest BCUT2D eigenvalue weighted by molar-refractivity contribution is -0.139. The van der Waals surface area contributed by atoms with Crippen LogP contribution in [0.5, 0.6) is 0 Å². The number of rotatable bonds is 3. The van der Waals surface area contributed by atoms with Crippen molar-refractivity contribution in [2.24, 2.45) is 0 Å². The normalized spacial score (nSPS) is 25.4. The topological polar surface area (TPSA) is 52.7 Å². The molecular formula is C21H29N3O2. The van der Waals surface area contributed by atoms with Gasteiger partial charge in [-0.3, -0.25) is 4.79 Å². The molecule has 3 amide bonds. The van der Waals surface area contributed by atoms with Crippen molar-refractivity contribution >= 4 is 11.9 Å². The van der Waals surface area contributed by atoms with Gasteiger partial charge in [0.05, 0.1) is 11.5 Å². The molecule has 1 N–H and O–H groups in total. The number of nitrogens with one attached hydrogen (secondary N) is 1. The number of aryl methyl sites for hydroxylation is 1. The third-order valence-electron chi connectivity index (χ3n) is 6.54. The molecule has 3 fully saturated rings. The van der Waals surface area contributed by atoms with Crippen LogP contribution < -0.4 is 5.32 Å². The van der Waals surface area contributed by atoms with E-state index in [1.54, 1.807) is 0 Å². The van der Waals surface area contributed by atoms with E-state index in [1.807, 2.05) is 4.90 Å². The first-order valence-electron chi connectivity index (χ1n) is 10.0. The average Bonchev–Trinajstić information content (AvgIpc) is 3.31. The van der Waals surface area contributed by atoms with Crippen molar-refractivity contribution in [1.82, 2.24) is 15.1 Å². The Hall–Kier alpha value is -2.04. The predicted molar refractivity (Wildman–Crippen MR) is 101 cm³/mol. The maximum atomic E-state index is 13.7. The summed E-state index contributed by atoms with van der Waals surface area (Å²) in [5.41, 5.74) is 2.07. The number of carbonyl (C=O) groups is 2. The fraction of sp³-hybridized carbons (Fsp3) is 0.619. The Labute approximate surface area is 155 Å². The fourth-order valence-electron chi connectivity index (χ4n) is 5.22. The molecular weight excluding hydrogens is 326 g/mol. The molecule has 0 spiro atoms. The molecule has 5 nitrogen and oxygen atoms in total. The van der Waals surface area contributed by atoms with Gasteiger partial charge in [0.2, 0.25) is 5.91 Å². The van der Waals surface area contributed by atoms with Crippen LogP contribution in [0.25, 0.3) is 0 Å². The van der Waals surface area contributed by atoms with Crippen LogP contribution in [-0.4, -0.2) is 54.0 Å². The lowest BCUT2D eigenvalue weighted by atomic mass is 9.75. The highest BCUT2D eigenvalue weighted by atomic mass is 16.2. The molecule has 1 aromatic rings. The minimum absolute atomic E-state index is 0.0267. The minimum atomic E-state index is -0.361. The van der Waals surface area contributed by atoms with E-state index in [0.717, 1.165) is 58.2 Å². The second-order valence-corrected chi connectivity index (χ2v) is 8.08. The molecule has 0 bridgehead atoms. The highest BCUT2D eigenvalue weighted by molar-refractivity contribution is 5.89. The second-order valence-electron chi connectivity index (χ2n) is 8.08. The van der Waals surface area contributed by atoms with Gasteiger partial charge < -0.3 is 15.1 Å². The average molecular weight is 355 g/mol. The van der Waals surface area contributed by atoms with Crippen LogP contribution in [0.4, 0.5) is 4.79 Å². The molecule has 1 unspecified atom stereocenters. The van der Waals surface area contributed by atoms with Crippen molar-refractivity contribution in [3.05, 3.63) is 35.4 Å². The van der Waals surface area contributed by atoms with Crippen molar-refractivity contribution in [3.63, 3.8) is 0 Å². The maximum Gasteiger partial charge on any atom is 0.317 e. The van der Waals surface area contributed by atoms with Crippen LogP contribution in [0, 0.1) is 6.92 Å². The first-order chi connectivity index (χ1) is 12.6. The van der Waals surface area contributed by atoms with Crippen LogP contribution in [-0.2, 0) is 10.2 Å². The molecule has 26 heavy (non-hydrogen) atoms. The monoisotopic (exact) mass is 355 g/mol. The van der Waals surface area contributed by atoms with Gasteiger partial charge >= 0.3 is 6.03 Å². The summed E-state index contributed by atoms with van der Waals surface area (Å²) in [4.78, 5) is 29.7. The van der Waals surface area contributed by atoms with Crippen molar-refractivity contribution < 1.29 is 9.59 Å². The zero-order valence-corrected chi connectivity index (χ0v) is 15.7. The molecule has 3 aliphatic rings. The smallest absolute Gasteiger partial charge is 0.317 e. The van der Waals surface area contributed by atoms with E-state index in [2.05, 4.69) is 41.4 Å². The lowest BCUT2D eigenvalue weighted by Crippen LogP contribution is -2.55. The molecule has 1 atom stereocenters. The van der Waals surface area contributed by atoms with E-state index in [1.165, 1.54) is 11.1 Å². The first kappa shape index (κ1) is 17.4. The van der Waals surface area contributed by atoms with Crippen molar-refractivity contribution in [3.8, 4) is 0 Å². The summed E-state index contributed by atoms with van der Waals surface area (Å²) in [5.74, 6) is 0.286. The number of carbonyl (C=O) groups excluding carboxylic acids is 2. The summed E-state index contributed by atoms with van der Waals surface area (Å²) < 4.78 is 0. The van der Waals surface area contributed by atoms with E-state index in [9.17, 15) is 9.59 Å². The Balaban J connectivity index is 1.58. The largest absolute Gasteiger partial charge is 0.340 e. The van der Waals surface area contributed by atoms with E-state index < -0.39 is 0 Å². The van der Waals surface area contributed by atoms with Gasteiger partial charge in [0.25, 0.3) is 0 Å². The summed E-state index contributed by atoms with van der Waals surface area (Å²) in [7, 11) is 0. The van der Waals surface area contributed by atoms with Crippen LogP contribution in [0.15, 0.2) is 24.3 Å². The van der Waals surface area contributed by atoms with Gasteiger partial charge in [-0.2, -0.15) is 0 Å². The zero-order chi connectivity index (χ0) is 18.1. The van der Waals surface area contributed by atoms with E-state index in [4.69, 9.17) is 0 Å². The molecule has 140 valence electrons. The molecule has 2 aliphatic heterocycles. The van der Waals surface area contributed by atoms with E-state index >= 15 is 0 Å². The molecule has 2 saturated heterocycles. The van der Waals surface area contributed by atoms with Crippen LogP contribution in [0.1, 0.15) is 49.7 Å². The number of benzene rings is 1. The first-order valence-corrected chi connectivity index (χ1v) is 10.0. The number of hydrogen-bond acceptors (Lipinski definition) is 2. The highest BCUT2D eigenvalue weighted by Gasteiger charge is 2.46.